The maximum Gasteiger partial charge on any atom is 0.354 e. The highest BCUT2D eigenvalue weighted by atomic mass is 35.5. The molecule has 0 spiro atoms. The van der Waals surface area contributed by atoms with Crippen molar-refractivity contribution in [1.29, 1.82) is 0 Å². The van der Waals surface area contributed by atoms with Crippen molar-refractivity contribution in [1.82, 2.24) is 14.1 Å². The SMILES string of the molecule is CCCOc1ccc(Nc2nc(=O)n(CCCC(=O)OCC)c(=O)n2Cc2ccc(C)cc2)cc1Cl. The van der Waals surface area contributed by atoms with Crippen LogP contribution in [-0.4, -0.2) is 33.3 Å². The van der Waals surface area contributed by atoms with Crippen LogP contribution in [0.15, 0.2) is 52.1 Å². The minimum absolute atomic E-state index is 0.0486. The first-order valence-corrected chi connectivity index (χ1v) is 12.3. The van der Waals surface area contributed by atoms with Crippen LogP contribution in [0.2, 0.25) is 5.02 Å². The lowest BCUT2D eigenvalue weighted by molar-refractivity contribution is -0.143. The summed E-state index contributed by atoms with van der Waals surface area (Å²) in [6, 6.07) is 12.8. The van der Waals surface area contributed by atoms with Gasteiger partial charge in [-0.05, 0) is 50.5 Å². The van der Waals surface area contributed by atoms with Crippen LogP contribution in [0.25, 0.3) is 0 Å². The number of nitrogens with one attached hydrogen (secondary N) is 1. The summed E-state index contributed by atoms with van der Waals surface area (Å²) in [5.41, 5.74) is 1.27. The highest BCUT2D eigenvalue weighted by Crippen LogP contribution is 2.29. The molecule has 2 aromatic carbocycles. The van der Waals surface area contributed by atoms with Gasteiger partial charge in [-0.25, -0.2) is 14.2 Å². The molecule has 10 heteroatoms. The zero-order valence-electron chi connectivity index (χ0n) is 20.8. The Bertz CT molecular complexity index is 1300. The molecule has 0 unspecified atom stereocenters. The van der Waals surface area contributed by atoms with E-state index in [1.54, 1.807) is 25.1 Å². The van der Waals surface area contributed by atoms with E-state index < -0.39 is 11.4 Å². The number of hydrogen-bond acceptors (Lipinski definition) is 7. The van der Waals surface area contributed by atoms with Gasteiger partial charge in [-0.15, -0.1) is 0 Å². The van der Waals surface area contributed by atoms with E-state index in [1.807, 2.05) is 38.1 Å². The maximum absolute atomic E-state index is 13.4. The van der Waals surface area contributed by atoms with Crippen molar-refractivity contribution in [2.75, 3.05) is 18.5 Å². The van der Waals surface area contributed by atoms with Gasteiger partial charge in [-0.3, -0.25) is 9.36 Å². The van der Waals surface area contributed by atoms with Gasteiger partial charge in [0, 0.05) is 18.7 Å². The molecule has 0 bridgehead atoms. The summed E-state index contributed by atoms with van der Waals surface area (Å²) >= 11 is 6.35. The molecule has 0 aliphatic heterocycles. The quantitative estimate of drug-likeness (QED) is 0.359. The lowest BCUT2D eigenvalue weighted by Gasteiger charge is -2.16. The number of benzene rings is 2. The molecular formula is C26H31ClN4O5. The molecule has 0 amide bonds. The third kappa shape index (κ3) is 7.21. The number of carbonyl (C=O) groups is 1. The van der Waals surface area contributed by atoms with E-state index >= 15 is 0 Å². The summed E-state index contributed by atoms with van der Waals surface area (Å²) in [7, 11) is 0. The fourth-order valence-electron chi connectivity index (χ4n) is 3.49. The molecule has 0 atom stereocenters. The van der Waals surface area contributed by atoms with Crippen LogP contribution < -0.4 is 21.4 Å². The Morgan fingerprint density at radius 3 is 2.50 bits per heavy atom. The summed E-state index contributed by atoms with van der Waals surface area (Å²) in [4.78, 5) is 42.0. The minimum Gasteiger partial charge on any atom is -0.492 e. The van der Waals surface area contributed by atoms with E-state index in [4.69, 9.17) is 21.1 Å². The number of halogens is 1. The molecule has 1 heterocycles. The van der Waals surface area contributed by atoms with E-state index in [2.05, 4.69) is 10.3 Å². The molecule has 3 aromatic rings. The standard InChI is InChI=1S/C26H31ClN4O5/c1-4-15-36-22-13-12-20(16-21(22)27)28-24-29-25(33)30(14-6-7-23(32)35-5-2)26(34)31(24)17-19-10-8-18(3)9-11-19/h8-13,16H,4-7,14-15,17H2,1-3H3,(H,28,29,33). The summed E-state index contributed by atoms with van der Waals surface area (Å²) in [5.74, 6) is 0.261. The average Bonchev–Trinajstić information content (AvgIpc) is 2.84. The van der Waals surface area contributed by atoms with Gasteiger partial charge in [0.05, 0.1) is 24.8 Å². The molecule has 0 radical (unpaired) electrons. The van der Waals surface area contributed by atoms with Crippen LogP contribution >= 0.6 is 11.6 Å². The lowest BCUT2D eigenvalue weighted by Crippen LogP contribution is -2.42. The van der Waals surface area contributed by atoms with Crippen LogP contribution in [0.5, 0.6) is 5.75 Å². The van der Waals surface area contributed by atoms with Crippen LogP contribution in [0, 0.1) is 6.92 Å². The largest absolute Gasteiger partial charge is 0.492 e. The second-order valence-corrected chi connectivity index (χ2v) is 8.66. The third-order valence-corrected chi connectivity index (χ3v) is 5.62. The second-order valence-electron chi connectivity index (χ2n) is 8.25. The van der Waals surface area contributed by atoms with Crippen LogP contribution in [0.3, 0.4) is 0 Å². The van der Waals surface area contributed by atoms with Gasteiger partial charge in [0.25, 0.3) is 0 Å². The normalized spacial score (nSPS) is 10.8. The monoisotopic (exact) mass is 514 g/mol. The fraction of sp³-hybridized carbons (Fsp3) is 0.385. The topological polar surface area (TPSA) is 104 Å². The van der Waals surface area contributed by atoms with Gasteiger partial charge < -0.3 is 14.8 Å². The van der Waals surface area contributed by atoms with Crippen molar-refractivity contribution >= 4 is 29.2 Å². The van der Waals surface area contributed by atoms with Crippen molar-refractivity contribution in [3.63, 3.8) is 0 Å². The minimum atomic E-state index is -0.708. The van der Waals surface area contributed by atoms with Crippen LogP contribution in [0.1, 0.15) is 44.2 Å². The Morgan fingerprint density at radius 1 is 1.08 bits per heavy atom. The summed E-state index contributed by atoms with van der Waals surface area (Å²) in [6.07, 6.45) is 1.23. The van der Waals surface area contributed by atoms with Crippen molar-refractivity contribution in [3.05, 3.63) is 79.6 Å². The Hall–Kier alpha value is -3.59. The molecule has 9 nitrogen and oxygen atoms in total. The molecule has 0 saturated heterocycles. The summed E-state index contributed by atoms with van der Waals surface area (Å²) in [6.45, 7) is 6.76. The fourth-order valence-corrected chi connectivity index (χ4v) is 3.72. The molecule has 1 aromatic heterocycles. The third-order valence-electron chi connectivity index (χ3n) is 5.33. The molecule has 1 N–H and O–H groups in total. The van der Waals surface area contributed by atoms with Crippen molar-refractivity contribution in [2.24, 2.45) is 0 Å². The van der Waals surface area contributed by atoms with E-state index in [0.29, 0.717) is 23.1 Å². The molecule has 192 valence electrons. The Labute approximate surface area is 214 Å². The van der Waals surface area contributed by atoms with Gasteiger partial charge in [0.2, 0.25) is 5.95 Å². The molecular weight excluding hydrogens is 484 g/mol. The molecule has 0 aliphatic carbocycles. The number of nitrogens with zero attached hydrogens (tertiary/aromatic N) is 3. The van der Waals surface area contributed by atoms with Crippen LogP contribution in [-0.2, 0) is 22.6 Å². The number of anilines is 2. The number of hydrogen-bond donors (Lipinski definition) is 1. The van der Waals surface area contributed by atoms with Crippen LogP contribution in [0.4, 0.5) is 11.6 Å². The number of aromatic nitrogens is 3. The van der Waals surface area contributed by atoms with E-state index in [0.717, 1.165) is 22.1 Å². The molecule has 0 aliphatic rings. The number of esters is 1. The predicted molar refractivity (Wildman–Crippen MR) is 139 cm³/mol. The zero-order valence-corrected chi connectivity index (χ0v) is 21.5. The Morgan fingerprint density at radius 2 is 1.83 bits per heavy atom. The van der Waals surface area contributed by atoms with Gasteiger partial charge in [-0.1, -0.05) is 48.4 Å². The van der Waals surface area contributed by atoms with Crippen molar-refractivity contribution in [2.45, 2.75) is 53.1 Å². The van der Waals surface area contributed by atoms with Gasteiger partial charge >= 0.3 is 17.3 Å². The summed E-state index contributed by atoms with van der Waals surface area (Å²) in [5, 5.41) is 3.45. The lowest BCUT2D eigenvalue weighted by atomic mass is 10.1. The molecule has 36 heavy (non-hydrogen) atoms. The first kappa shape index (κ1) is 27.0. The number of ether oxygens (including phenoxy) is 2. The van der Waals surface area contributed by atoms with Gasteiger partial charge in [-0.2, -0.15) is 4.98 Å². The smallest absolute Gasteiger partial charge is 0.354 e. The first-order chi connectivity index (χ1) is 17.3. The first-order valence-electron chi connectivity index (χ1n) is 11.9. The van der Waals surface area contributed by atoms with Gasteiger partial charge in [0.15, 0.2) is 0 Å². The number of rotatable bonds is 12. The zero-order chi connectivity index (χ0) is 26.1. The number of carbonyl (C=O) groups excluding carboxylic acids is 1. The van der Waals surface area contributed by atoms with E-state index in [1.165, 1.54) is 4.57 Å². The second kappa shape index (κ2) is 12.9. The summed E-state index contributed by atoms with van der Waals surface area (Å²) < 4.78 is 13.0. The maximum atomic E-state index is 13.4. The van der Waals surface area contributed by atoms with Crippen molar-refractivity contribution in [3.8, 4) is 5.75 Å². The highest BCUT2D eigenvalue weighted by Gasteiger charge is 2.15. The Balaban J connectivity index is 1.94. The van der Waals surface area contributed by atoms with E-state index in [9.17, 15) is 14.4 Å². The highest BCUT2D eigenvalue weighted by molar-refractivity contribution is 6.32. The molecule has 3 rings (SSSR count). The average molecular weight is 515 g/mol. The molecule has 0 saturated carbocycles. The van der Waals surface area contributed by atoms with Crippen molar-refractivity contribution < 1.29 is 14.3 Å². The van der Waals surface area contributed by atoms with E-state index in [-0.39, 0.29) is 44.5 Å². The van der Waals surface area contributed by atoms with Gasteiger partial charge in [0.1, 0.15) is 5.75 Å². The molecule has 0 fully saturated rings. The predicted octanol–water partition coefficient (Wildman–Crippen LogP) is 4.29. The Kier molecular flexibility index (Phi) is 9.69. The number of aryl methyl sites for hydroxylation is 1.